The second-order valence-corrected chi connectivity index (χ2v) is 5.27. The molecule has 2 rings (SSSR count). The molecule has 6 nitrogen and oxygen atoms in total. The summed E-state index contributed by atoms with van der Waals surface area (Å²) in [4.78, 5) is 18.0. The van der Waals surface area contributed by atoms with E-state index < -0.39 is 0 Å². The Bertz CT molecular complexity index is 417. The van der Waals surface area contributed by atoms with Crippen molar-refractivity contribution in [3.63, 3.8) is 0 Å². The Labute approximate surface area is 114 Å². The van der Waals surface area contributed by atoms with Gasteiger partial charge in [-0.2, -0.15) is 0 Å². The molecule has 1 atom stereocenters. The predicted molar refractivity (Wildman–Crippen MR) is 73.3 cm³/mol. The molecule has 0 spiro atoms. The Morgan fingerprint density at radius 1 is 1.47 bits per heavy atom. The molecule has 0 aromatic carbocycles. The topological polar surface area (TPSA) is 77.0 Å². The van der Waals surface area contributed by atoms with Crippen molar-refractivity contribution >= 4 is 11.9 Å². The van der Waals surface area contributed by atoms with Crippen LogP contribution in [0.5, 0.6) is 0 Å². The minimum absolute atomic E-state index is 0.113. The predicted octanol–water partition coefficient (Wildman–Crippen LogP) is 1.29. The fraction of sp³-hybridized carbons (Fsp3) is 0.769. The lowest BCUT2D eigenvalue weighted by atomic mass is 9.96. The summed E-state index contributed by atoms with van der Waals surface area (Å²) in [6.45, 7) is 4.20. The molecule has 1 unspecified atom stereocenters. The zero-order chi connectivity index (χ0) is 13.7. The number of nitrogens with zero attached hydrogens (tertiary/aromatic N) is 4. The average molecular weight is 265 g/mol. The molecule has 0 radical (unpaired) electrons. The van der Waals surface area contributed by atoms with Crippen molar-refractivity contribution in [2.45, 2.75) is 45.6 Å². The summed E-state index contributed by atoms with van der Waals surface area (Å²) in [6.07, 6.45) is 7.49. The molecule has 6 heteroatoms. The van der Waals surface area contributed by atoms with Gasteiger partial charge in [-0.3, -0.25) is 4.79 Å². The van der Waals surface area contributed by atoms with Crippen LogP contribution in [0.3, 0.4) is 0 Å². The van der Waals surface area contributed by atoms with Crippen LogP contribution in [-0.4, -0.2) is 38.7 Å². The molecular weight excluding hydrogens is 242 g/mol. The summed E-state index contributed by atoms with van der Waals surface area (Å²) in [5.41, 5.74) is 5.44. The van der Waals surface area contributed by atoms with Crippen molar-refractivity contribution in [2.24, 2.45) is 5.92 Å². The van der Waals surface area contributed by atoms with Gasteiger partial charge in [0.1, 0.15) is 12.9 Å². The van der Waals surface area contributed by atoms with Crippen LogP contribution >= 0.6 is 0 Å². The van der Waals surface area contributed by atoms with E-state index in [1.807, 2.05) is 4.90 Å². The van der Waals surface area contributed by atoms with Crippen molar-refractivity contribution in [3.05, 3.63) is 6.33 Å². The Balaban J connectivity index is 1.85. The van der Waals surface area contributed by atoms with Gasteiger partial charge in [-0.15, -0.1) is 5.10 Å². The number of rotatable bonds is 4. The van der Waals surface area contributed by atoms with Crippen molar-refractivity contribution in [3.8, 4) is 0 Å². The van der Waals surface area contributed by atoms with Gasteiger partial charge in [-0.25, -0.2) is 9.67 Å². The van der Waals surface area contributed by atoms with Crippen LogP contribution in [-0.2, 0) is 11.3 Å². The number of amides is 1. The summed E-state index contributed by atoms with van der Waals surface area (Å²) in [5, 5.41) is 3.95. The summed E-state index contributed by atoms with van der Waals surface area (Å²) in [5.74, 6) is 1.11. The molecule has 1 aromatic rings. The van der Waals surface area contributed by atoms with Gasteiger partial charge in [0.2, 0.25) is 11.9 Å². The first-order valence-corrected chi connectivity index (χ1v) is 7.11. The zero-order valence-electron chi connectivity index (χ0n) is 11.6. The molecule has 1 fully saturated rings. The van der Waals surface area contributed by atoms with Crippen molar-refractivity contribution in [1.82, 2.24) is 19.7 Å². The fourth-order valence-electron chi connectivity index (χ4n) is 2.74. The van der Waals surface area contributed by atoms with E-state index in [1.54, 1.807) is 0 Å². The number of nitrogens with two attached hydrogens (primary N) is 1. The minimum Gasteiger partial charge on any atom is -0.367 e. The Hall–Kier alpha value is -1.59. The molecule has 2 N–H and O–H groups in total. The Morgan fingerprint density at radius 2 is 2.32 bits per heavy atom. The van der Waals surface area contributed by atoms with Crippen molar-refractivity contribution in [1.29, 1.82) is 0 Å². The summed E-state index contributed by atoms with van der Waals surface area (Å²) >= 11 is 0. The molecule has 1 saturated heterocycles. The first-order chi connectivity index (χ1) is 9.19. The van der Waals surface area contributed by atoms with Crippen LogP contribution < -0.4 is 5.73 Å². The molecular formula is C13H23N5O. The van der Waals surface area contributed by atoms with Crippen LogP contribution in [0.2, 0.25) is 0 Å². The largest absolute Gasteiger partial charge is 0.367 e. The highest BCUT2D eigenvalue weighted by molar-refractivity contribution is 5.75. The molecule has 1 aromatic heterocycles. The van der Waals surface area contributed by atoms with E-state index in [0.29, 0.717) is 0 Å². The lowest BCUT2D eigenvalue weighted by Crippen LogP contribution is -2.34. The highest BCUT2D eigenvalue weighted by Gasteiger charge is 2.20. The van der Waals surface area contributed by atoms with Crippen LogP contribution in [0, 0.1) is 5.92 Å². The van der Waals surface area contributed by atoms with Gasteiger partial charge in [0.15, 0.2) is 0 Å². The van der Waals surface area contributed by atoms with Gasteiger partial charge in [-0.1, -0.05) is 19.8 Å². The van der Waals surface area contributed by atoms with Gasteiger partial charge < -0.3 is 10.6 Å². The van der Waals surface area contributed by atoms with E-state index >= 15 is 0 Å². The third-order valence-electron chi connectivity index (χ3n) is 3.75. The number of hydrogen-bond acceptors (Lipinski definition) is 4. The van der Waals surface area contributed by atoms with Crippen LogP contribution in [0.1, 0.15) is 39.0 Å². The SMILES string of the molecule is CCCC1CCCN(C(=O)Cn2cnc(N)n2)CC1. The van der Waals surface area contributed by atoms with E-state index in [1.165, 1.54) is 30.3 Å². The quantitative estimate of drug-likeness (QED) is 0.890. The number of aromatic nitrogens is 3. The first-order valence-electron chi connectivity index (χ1n) is 7.11. The Kier molecular flexibility index (Phi) is 4.76. The molecule has 0 saturated carbocycles. The molecule has 2 heterocycles. The van der Waals surface area contributed by atoms with Gasteiger partial charge in [0, 0.05) is 13.1 Å². The normalized spacial score (nSPS) is 20.3. The second-order valence-electron chi connectivity index (χ2n) is 5.27. The standard InChI is InChI=1S/C13H23N5O/c1-2-4-11-5-3-7-17(8-6-11)12(19)9-18-10-15-13(14)16-18/h10-11H,2-9H2,1H3,(H2,14,16). The average Bonchev–Trinajstić information content (AvgIpc) is 2.65. The maximum absolute atomic E-state index is 12.2. The van der Waals surface area contributed by atoms with E-state index in [9.17, 15) is 4.79 Å². The molecule has 19 heavy (non-hydrogen) atoms. The van der Waals surface area contributed by atoms with E-state index in [0.717, 1.165) is 31.8 Å². The Morgan fingerprint density at radius 3 is 3.00 bits per heavy atom. The number of carbonyl (C=O) groups excluding carboxylic acids is 1. The van der Waals surface area contributed by atoms with E-state index in [4.69, 9.17) is 5.73 Å². The van der Waals surface area contributed by atoms with E-state index in [-0.39, 0.29) is 18.4 Å². The first kappa shape index (κ1) is 13.8. The number of anilines is 1. The smallest absolute Gasteiger partial charge is 0.244 e. The maximum atomic E-state index is 12.2. The van der Waals surface area contributed by atoms with Crippen LogP contribution in [0.4, 0.5) is 5.95 Å². The van der Waals surface area contributed by atoms with Gasteiger partial charge >= 0.3 is 0 Å². The molecule has 1 aliphatic heterocycles. The van der Waals surface area contributed by atoms with Gasteiger partial charge in [-0.05, 0) is 25.2 Å². The summed E-state index contributed by atoms with van der Waals surface area (Å²) in [7, 11) is 0. The maximum Gasteiger partial charge on any atom is 0.244 e. The van der Waals surface area contributed by atoms with Crippen molar-refractivity contribution in [2.75, 3.05) is 18.8 Å². The third-order valence-corrected chi connectivity index (χ3v) is 3.75. The minimum atomic E-state index is 0.113. The highest BCUT2D eigenvalue weighted by Crippen LogP contribution is 2.22. The van der Waals surface area contributed by atoms with Crippen LogP contribution in [0.25, 0.3) is 0 Å². The number of hydrogen-bond donors (Lipinski definition) is 1. The molecule has 0 bridgehead atoms. The number of nitrogen functional groups attached to an aromatic ring is 1. The second kappa shape index (κ2) is 6.54. The monoisotopic (exact) mass is 265 g/mol. The fourth-order valence-corrected chi connectivity index (χ4v) is 2.74. The number of carbonyl (C=O) groups is 1. The molecule has 1 aliphatic rings. The number of likely N-dealkylation sites (tertiary alicyclic amines) is 1. The lowest BCUT2D eigenvalue weighted by molar-refractivity contribution is -0.132. The van der Waals surface area contributed by atoms with Gasteiger partial charge in [0.05, 0.1) is 0 Å². The van der Waals surface area contributed by atoms with Crippen LogP contribution in [0.15, 0.2) is 6.33 Å². The summed E-state index contributed by atoms with van der Waals surface area (Å²) in [6, 6.07) is 0. The molecule has 0 aliphatic carbocycles. The molecule has 106 valence electrons. The summed E-state index contributed by atoms with van der Waals surface area (Å²) < 4.78 is 1.51. The lowest BCUT2D eigenvalue weighted by Gasteiger charge is -2.20. The van der Waals surface area contributed by atoms with Crippen molar-refractivity contribution < 1.29 is 4.79 Å². The van der Waals surface area contributed by atoms with E-state index in [2.05, 4.69) is 17.0 Å². The zero-order valence-corrected chi connectivity index (χ0v) is 11.6. The third kappa shape index (κ3) is 3.94. The van der Waals surface area contributed by atoms with Gasteiger partial charge in [0.25, 0.3) is 0 Å². The highest BCUT2D eigenvalue weighted by atomic mass is 16.2. The molecule has 1 amide bonds.